The molecular weight excluding hydrogens is 404 g/mol. The van der Waals surface area contributed by atoms with Gasteiger partial charge in [-0.2, -0.15) is 5.10 Å². The van der Waals surface area contributed by atoms with Crippen molar-refractivity contribution in [1.82, 2.24) is 15.1 Å². The second-order valence-corrected chi connectivity index (χ2v) is 7.36. The molecule has 4 rings (SSSR count). The monoisotopic (exact) mass is 427 g/mol. The van der Waals surface area contributed by atoms with E-state index in [4.69, 9.17) is 4.74 Å². The second-order valence-electron chi connectivity index (χ2n) is 7.36. The molecule has 31 heavy (non-hydrogen) atoms. The van der Waals surface area contributed by atoms with Gasteiger partial charge in [0.15, 0.2) is 0 Å². The number of nitrogens with one attached hydrogen (secondary N) is 3. The molecule has 0 radical (unpaired) electrons. The van der Waals surface area contributed by atoms with Crippen molar-refractivity contribution in [2.24, 2.45) is 7.05 Å². The Hall–Kier alpha value is -3.46. The van der Waals surface area contributed by atoms with E-state index in [1.807, 2.05) is 13.1 Å². The number of rotatable bonds is 6. The molecule has 2 amide bonds. The van der Waals surface area contributed by atoms with E-state index in [-0.39, 0.29) is 5.69 Å². The third-order valence-corrected chi connectivity index (χ3v) is 5.12. The van der Waals surface area contributed by atoms with Gasteiger partial charge in [-0.3, -0.25) is 4.68 Å². The summed E-state index contributed by atoms with van der Waals surface area (Å²) >= 11 is 0. The van der Waals surface area contributed by atoms with Crippen molar-refractivity contribution in [2.45, 2.75) is 18.9 Å². The molecule has 1 aromatic heterocycles. The van der Waals surface area contributed by atoms with Crippen molar-refractivity contribution >= 4 is 17.4 Å². The predicted octanol–water partition coefficient (Wildman–Crippen LogP) is 4.14. The van der Waals surface area contributed by atoms with E-state index in [1.54, 1.807) is 29.1 Å². The number of hydrogen-bond donors (Lipinski definition) is 3. The van der Waals surface area contributed by atoms with Gasteiger partial charge in [-0.1, -0.05) is 0 Å². The standard InChI is InChI=1S/C22H23F2N5O2/c1-29-20(8-10-26-29)17-12-15(5-7-21(17)31-13-16-3-2-9-25-16)27-22(30)28-19-6-4-14(23)11-18(19)24/h4-8,10-12,16,25H,2-3,9,13H2,1H3,(H2,27,28,30)/t16-/m0/s1. The SMILES string of the molecule is Cn1nccc1-c1cc(NC(=O)Nc2ccc(F)cc2F)ccc1OC[C@@H]1CCCN1. The summed E-state index contributed by atoms with van der Waals surface area (Å²) in [5, 5.41) is 12.7. The van der Waals surface area contributed by atoms with Gasteiger partial charge in [0.1, 0.15) is 24.0 Å². The summed E-state index contributed by atoms with van der Waals surface area (Å²) < 4.78 is 34.6. The maximum absolute atomic E-state index is 13.8. The van der Waals surface area contributed by atoms with Gasteiger partial charge in [-0.25, -0.2) is 13.6 Å². The molecule has 0 unspecified atom stereocenters. The summed E-state index contributed by atoms with van der Waals surface area (Å²) in [5.41, 5.74) is 1.96. The van der Waals surface area contributed by atoms with Gasteiger partial charge in [0.25, 0.3) is 0 Å². The zero-order valence-electron chi connectivity index (χ0n) is 17.0. The number of amides is 2. The first-order chi connectivity index (χ1) is 15.0. The molecule has 3 aromatic rings. The van der Waals surface area contributed by atoms with Gasteiger partial charge in [0.05, 0.1) is 11.4 Å². The summed E-state index contributed by atoms with van der Waals surface area (Å²) in [4.78, 5) is 12.3. The van der Waals surface area contributed by atoms with Crippen LogP contribution in [0.5, 0.6) is 5.75 Å². The Morgan fingerprint density at radius 3 is 2.81 bits per heavy atom. The first-order valence-corrected chi connectivity index (χ1v) is 10.0. The Morgan fingerprint density at radius 1 is 1.23 bits per heavy atom. The summed E-state index contributed by atoms with van der Waals surface area (Å²) in [5.74, 6) is -0.893. The van der Waals surface area contributed by atoms with Crippen LogP contribution in [0.1, 0.15) is 12.8 Å². The number of carbonyl (C=O) groups is 1. The van der Waals surface area contributed by atoms with E-state index in [0.717, 1.165) is 36.7 Å². The van der Waals surface area contributed by atoms with E-state index in [9.17, 15) is 13.6 Å². The number of aryl methyl sites for hydroxylation is 1. The third-order valence-electron chi connectivity index (χ3n) is 5.12. The minimum Gasteiger partial charge on any atom is -0.491 e. The quantitative estimate of drug-likeness (QED) is 0.552. The fraction of sp³-hybridized carbons (Fsp3) is 0.273. The molecule has 3 N–H and O–H groups in total. The molecule has 2 heterocycles. The van der Waals surface area contributed by atoms with Crippen molar-refractivity contribution in [1.29, 1.82) is 0 Å². The van der Waals surface area contributed by atoms with Crippen LogP contribution in [0.25, 0.3) is 11.3 Å². The molecule has 162 valence electrons. The Labute approximate surface area is 178 Å². The highest BCUT2D eigenvalue weighted by Crippen LogP contribution is 2.33. The molecule has 9 heteroatoms. The van der Waals surface area contributed by atoms with Gasteiger partial charge in [-0.15, -0.1) is 0 Å². The fourth-order valence-corrected chi connectivity index (χ4v) is 3.54. The molecule has 1 aliphatic heterocycles. The van der Waals surface area contributed by atoms with Gasteiger partial charge < -0.3 is 20.7 Å². The molecule has 1 fully saturated rings. The molecule has 7 nitrogen and oxygen atoms in total. The van der Waals surface area contributed by atoms with Gasteiger partial charge in [-0.05, 0) is 55.8 Å². The first kappa shape index (κ1) is 20.8. The molecular formula is C22H23F2N5O2. The number of urea groups is 1. The number of nitrogens with zero attached hydrogens (tertiary/aromatic N) is 2. The van der Waals surface area contributed by atoms with Crippen LogP contribution in [0.3, 0.4) is 0 Å². The number of hydrogen-bond acceptors (Lipinski definition) is 4. The Morgan fingerprint density at radius 2 is 2.10 bits per heavy atom. The number of ether oxygens (including phenoxy) is 1. The molecule has 0 saturated carbocycles. The zero-order valence-corrected chi connectivity index (χ0v) is 17.0. The Bertz CT molecular complexity index is 1080. The zero-order chi connectivity index (χ0) is 21.8. The van der Waals surface area contributed by atoms with Crippen LogP contribution in [-0.4, -0.2) is 35.0 Å². The van der Waals surface area contributed by atoms with Crippen molar-refractivity contribution in [2.75, 3.05) is 23.8 Å². The minimum atomic E-state index is -0.852. The molecule has 0 aliphatic carbocycles. The molecule has 0 spiro atoms. The summed E-state index contributed by atoms with van der Waals surface area (Å²) in [6.07, 6.45) is 3.89. The molecule has 2 aromatic carbocycles. The van der Waals surface area contributed by atoms with E-state index in [0.29, 0.717) is 30.2 Å². The highest BCUT2D eigenvalue weighted by atomic mass is 19.1. The van der Waals surface area contributed by atoms with Crippen LogP contribution in [-0.2, 0) is 7.05 Å². The van der Waals surface area contributed by atoms with E-state index < -0.39 is 17.7 Å². The van der Waals surface area contributed by atoms with Crippen LogP contribution in [0.2, 0.25) is 0 Å². The normalized spacial score (nSPS) is 15.6. The lowest BCUT2D eigenvalue weighted by molar-refractivity contribution is 0.262. The number of halogens is 2. The molecule has 0 bridgehead atoms. The number of benzene rings is 2. The lowest BCUT2D eigenvalue weighted by Crippen LogP contribution is -2.28. The third kappa shape index (κ3) is 5.00. The van der Waals surface area contributed by atoms with E-state index in [2.05, 4.69) is 21.0 Å². The number of aromatic nitrogens is 2. The largest absolute Gasteiger partial charge is 0.491 e. The average molecular weight is 427 g/mol. The number of carbonyl (C=O) groups excluding carboxylic acids is 1. The van der Waals surface area contributed by atoms with Crippen LogP contribution >= 0.6 is 0 Å². The Kier molecular flexibility index (Phi) is 6.13. The maximum atomic E-state index is 13.8. The van der Waals surface area contributed by atoms with Crippen molar-refractivity contribution < 1.29 is 18.3 Å². The maximum Gasteiger partial charge on any atom is 0.323 e. The van der Waals surface area contributed by atoms with E-state index in [1.165, 1.54) is 6.07 Å². The van der Waals surface area contributed by atoms with Crippen LogP contribution in [0.4, 0.5) is 25.0 Å². The fourth-order valence-electron chi connectivity index (χ4n) is 3.54. The minimum absolute atomic E-state index is 0.116. The average Bonchev–Trinajstić information content (AvgIpc) is 3.40. The highest BCUT2D eigenvalue weighted by molar-refractivity contribution is 6.00. The van der Waals surface area contributed by atoms with E-state index >= 15 is 0 Å². The van der Waals surface area contributed by atoms with Crippen LogP contribution < -0.4 is 20.7 Å². The summed E-state index contributed by atoms with van der Waals surface area (Å²) in [6.45, 7) is 1.54. The van der Waals surface area contributed by atoms with Gasteiger partial charge in [0.2, 0.25) is 0 Å². The summed E-state index contributed by atoms with van der Waals surface area (Å²) in [7, 11) is 1.82. The lowest BCUT2D eigenvalue weighted by Gasteiger charge is -2.17. The second kappa shape index (κ2) is 9.13. The van der Waals surface area contributed by atoms with Crippen molar-refractivity contribution in [3.05, 3.63) is 60.3 Å². The predicted molar refractivity (Wildman–Crippen MR) is 114 cm³/mol. The molecule has 1 atom stereocenters. The summed E-state index contributed by atoms with van der Waals surface area (Å²) in [6, 6.07) is 9.73. The topological polar surface area (TPSA) is 80.2 Å². The molecule has 1 aliphatic rings. The molecule has 1 saturated heterocycles. The highest BCUT2D eigenvalue weighted by Gasteiger charge is 2.17. The van der Waals surface area contributed by atoms with Crippen LogP contribution in [0, 0.1) is 11.6 Å². The van der Waals surface area contributed by atoms with Crippen LogP contribution in [0.15, 0.2) is 48.7 Å². The Balaban J connectivity index is 1.52. The van der Waals surface area contributed by atoms with Gasteiger partial charge in [0, 0.05) is 36.6 Å². The lowest BCUT2D eigenvalue weighted by atomic mass is 10.1. The van der Waals surface area contributed by atoms with Crippen molar-refractivity contribution in [3.8, 4) is 17.0 Å². The van der Waals surface area contributed by atoms with Gasteiger partial charge >= 0.3 is 6.03 Å². The van der Waals surface area contributed by atoms with Crippen molar-refractivity contribution in [3.63, 3.8) is 0 Å². The number of anilines is 2. The first-order valence-electron chi connectivity index (χ1n) is 10.0. The smallest absolute Gasteiger partial charge is 0.323 e.